The van der Waals surface area contributed by atoms with Gasteiger partial charge in [0.15, 0.2) is 0 Å². The molecule has 126 valence electrons. The summed E-state index contributed by atoms with van der Waals surface area (Å²) < 4.78 is 11.1. The molecular formula is C16H24N4O3. The fraction of sp³-hybridized carbons (Fsp3) is 0.688. The van der Waals surface area contributed by atoms with Crippen molar-refractivity contribution in [1.82, 2.24) is 15.3 Å². The highest BCUT2D eigenvalue weighted by atomic mass is 16.5. The third-order valence-corrected chi connectivity index (χ3v) is 4.12. The summed E-state index contributed by atoms with van der Waals surface area (Å²) in [5.74, 6) is 1.05. The lowest BCUT2D eigenvalue weighted by Gasteiger charge is -2.13. The standard InChI is InChI=1S/C16H24N4O3/c1-11-19-14(16(21)18-10-13-5-3-7-23-13)8-15(20-11)17-9-12-4-2-6-22-12/h8,12-13H,2-7,9-10H2,1H3,(H,18,21)(H,17,19,20). The Balaban J connectivity index is 1.56. The van der Waals surface area contributed by atoms with Crippen LogP contribution in [0, 0.1) is 6.92 Å². The van der Waals surface area contributed by atoms with Gasteiger partial charge in [0.1, 0.15) is 17.3 Å². The highest BCUT2D eigenvalue weighted by molar-refractivity contribution is 5.92. The molecule has 23 heavy (non-hydrogen) atoms. The summed E-state index contributed by atoms with van der Waals surface area (Å²) in [5, 5.41) is 6.12. The number of nitrogens with one attached hydrogen (secondary N) is 2. The average molecular weight is 320 g/mol. The number of hydrogen-bond acceptors (Lipinski definition) is 6. The number of anilines is 1. The first-order chi connectivity index (χ1) is 11.2. The maximum atomic E-state index is 12.3. The molecule has 2 aliphatic heterocycles. The number of carbonyl (C=O) groups excluding carboxylic acids is 1. The van der Waals surface area contributed by atoms with Crippen molar-refractivity contribution in [1.29, 1.82) is 0 Å². The molecule has 0 bridgehead atoms. The van der Waals surface area contributed by atoms with E-state index in [2.05, 4.69) is 20.6 Å². The Labute approximate surface area is 136 Å². The molecule has 7 nitrogen and oxygen atoms in total. The molecule has 2 atom stereocenters. The van der Waals surface area contributed by atoms with Gasteiger partial charge in [-0.15, -0.1) is 0 Å². The molecule has 1 aromatic rings. The van der Waals surface area contributed by atoms with Crippen molar-refractivity contribution in [2.45, 2.75) is 44.8 Å². The molecule has 7 heteroatoms. The molecule has 2 fully saturated rings. The molecule has 0 saturated carbocycles. The van der Waals surface area contributed by atoms with Gasteiger partial charge in [0.25, 0.3) is 5.91 Å². The molecule has 3 rings (SSSR count). The highest BCUT2D eigenvalue weighted by Crippen LogP contribution is 2.14. The number of rotatable bonds is 6. The lowest BCUT2D eigenvalue weighted by molar-refractivity contribution is 0.0853. The molecule has 3 heterocycles. The zero-order valence-corrected chi connectivity index (χ0v) is 13.5. The summed E-state index contributed by atoms with van der Waals surface area (Å²) in [5.41, 5.74) is 0.380. The summed E-state index contributed by atoms with van der Waals surface area (Å²) in [7, 11) is 0. The SMILES string of the molecule is Cc1nc(NCC2CCCO2)cc(C(=O)NCC2CCCO2)n1. The molecule has 2 N–H and O–H groups in total. The van der Waals surface area contributed by atoms with Gasteiger partial charge in [0, 0.05) is 32.4 Å². The van der Waals surface area contributed by atoms with Gasteiger partial charge in [-0.25, -0.2) is 9.97 Å². The second kappa shape index (κ2) is 7.70. The number of hydrogen-bond donors (Lipinski definition) is 2. The van der Waals surface area contributed by atoms with E-state index in [1.165, 1.54) is 0 Å². The Morgan fingerprint density at radius 1 is 1.17 bits per heavy atom. The van der Waals surface area contributed by atoms with Crippen molar-refractivity contribution in [2.24, 2.45) is 0 Å². The Morgan fingerprint density at radius 2 is 1.87 bits per heavy atom. The van der Waals surface area contributed by atoms with Gasteiger partial charge in [0.2, 0.25) is 0 Å². The molecule has 0 aliphatic carbocycles. The minimum atomic E-state index is -0.189. The fourth-order valence-electron chi connectivity index (χ4n) is 2.90. The van der Waals surface area contributed by atoms with Crippen LogP contribution in [0.15, 0.2) is 6.07 Å². The zero-order chi connectivity index (χ0) is 16.1. The summed E-state index contributed by atoms with van der Waals surface area (Å²) in [6.45, 7) is 4.62. The van der Waals surface area contributed by atoms with Crippen LogP contribution < -0.4 is 10.6 Å². The lowest BCUT2D eigenvalue weighted by Crippen LogP contribution is -2.32. The van der Waals surface area contributed by atoms with Crippen molar-refractivity contribution < 1.29 is 14.3 Å². The van der Waals surface area contributed by atoms with Gasteiger partial charge in [-0.3, -0.25) is 4.79 Å². The number of nitrogens with zero attached hydrogens (tertiary/aromatic N) is 2. The van der Waals surface area contributed by atoms with E-state index < -0.39 is 0 Å². The van der Waals surface area contributed by atoms with Gasteiger partial charge in [0.05, 0.1) is 12.2 Å². The van der Waals surface area contributed by atoms with E-state index in [4.69, 9.17) is 9.47 Å². The summed E-state index contributed by atoms with van der Waals surface area (Å²) >= 11 is 0. The Morgan fingerprint density at radius 3 is 2.52 bits per heavy atom. The number of ether oxygens (including phenoxy) is 2. The van der Waals surface area contributed by atoms with Crippen molar-refractivity contribution >= 4 is 11.7 Å². The Kier molecular flexibility index (Phi) is 5.40. The van der Waals surface area contributed by atoms with E-state index in [1.54, 1.807) is 13.0 Å². The summed E-state index contributed by atoms with van der Waals surface area (Å²) in [4.78, 5) is 20.8. The smallest absolute Gasteiger partial charge is 0.270 e. The number of carbonyl (C=O) groups is 1. The zero-order valence-electron chi connectivity index (χ0n) is 13.5. The molecule has 0 spiro atoms. The maximum absolute atomic E-state index is 12.3. The molecule has 0 radical (unpaired) electrons. The number of amides is 1. The second-order valence-corrected chi connectivity index (χ2v) is 6.05. The first-order valence-corrected chi connectivity index (χ1v) is 8.31. The van der Waals surface area contributed by atoms with Crippen LogP contribution in [0.5, 0.6) is 0 Å². The molecule has 2 unspecified atom stereocenters. The van der Waals surface area contributed by atoms with Gasteiger partial charge in [-0.1, -0.05) is 0 Å². The van der Waals surface area contributed by atoms with Crippen molar-refractivity contribution in [3.05, 3.63) is 17.6 Å². The molecular weight excluding hydrogens is 296 g/mol. The Bertz CT molecular complexity index is 540. The van der Waals surface area contributed by atoms with Crippen LogP contribution in [0.3, 0.4) is 0 Å². The van der Waals surface area contributed by atoms with E-state index in [9.17, 15) is 4.79 Å². The van der Waals surface area contributed by atoms with E-state index in [1.807, 2.05) is 0 Å². The molecule has 1 amide bonds. The van der Waals surface area contributed by atoms with Gasteiger partial charge < -0.3 is 20.1 Å². The van der Waals surface area contributed by atoms with E-state index in [0.29, 0.717) is 30.4 Å². The van der Waals surface area contributed by atoms with Crippen molar-refractivity contribution in [3.8, 4) is 0 Å². The quantitative estimate of drug-likeness (QED) is 0.821. The molecule has 0 aromatic carbocycles. The predicted molar refractivity (Wildman–Crippen MR) is 85.5 cm³/mol. The van der Waals surface area contributed by atoms with Crippen molar-refractivity contribution in [2.75, 3.05) is 31.6 Å². The first-order valence-electron chi connectivity index (χ1n) is 8.31. The monoisotopic (exact) mass is 320 g/mol. The van der Waals surface area contributed by atoms with Crippen LogP contribution in [0.1, 0.15) is 42.0 Å². The number of aryl methyl sites for hydroxylation is 1. The second-order valence-electron chi connectivity index (χ2n) is 6.05. The molecule has 2 saturated heterocycles. The highest BCUT2D eigenvalue weighted by Gasteiger charge is 2.18. The summed E-state index contributed by atoms with van der Waals surface area (Å²) in [6.07, 6.45) is 4.57. The topological polar surface area (TPSA) is 85.4 Å². The predicted octanol–water partition coefficient (Wildman–Crippen LogP) is 1.28. The maximum Gasteiger partial charge on any atom is 0.270 e. The van der Waals surface area contributed by atoms with Crippen molar-refractivity contribution in [3.63, 3.8) is 0 Å². The minimum Gasteiger partial charge on any atom is -0.376 e. The van der Waals surface area contributed by atoms with Crippen LogP contribution in [0.2, 0.25) is 0 Å². The van der Waals surface area contributed by atoms with E-state index >= 15 is 0 Å². The number of aromatic nitrogens is 2. The van der Waals surface area contributed by atoms with Crippen LogP contribution in [0.4, 0.5) is 5.82 Å². The van der Waals surface area contributed by atoms with E-state index in [-0.39, 0.29) is 18.1 Å². The third-order valence-electron chi connectivity index (χ3n) is 4.12. The van der Waals surface area contributed by atoms with E-state index in [0.717, 1.165) is 38.9 Å². The first kappa shape index (κ1) is 16.1. The van der Waals surface area contributed by atoms with Crippen LogP contribution in [-0.4, -0.2) is 54.4 Å². The normalized spacial score (nSPS) is 23.9. The Hall–Kier alpha value is -1.73. The average Bonchev–Trinajstić information content (AvgIpc) is 3.23. The third kappa shape index (κ3) is 4.62. The van der Waals surface area contributed by atoms with Crippen LogP contribution in [0.25, 0.3) is 0 Å². The lowest BCUT2D eigenvalue weighted by atomic mass is 10.2. The summed E-state index contributed by atoms with van der Waals surface area (Å²) in [6, 6.07) is 1.69. The van der Waals surface area contributed by atoms with Gasteiger partial charge in [-0.2, -0.15) is 0 Å². The van der Waals surface area contributed by atoms with Gasteiger partial charge in [-0.05, 0) is 32.6 Å². The molecule has 2 aliphatic rings. The van der Waals surface area contributed by atoms with Crippen LogP contribution >= 0.6 is 0 Å². The van der Waals surface area contributed by atoms with Crippen LogP contribution in [-0.2, 0) is 9.47 Å². The minimum absolute atomic E-state index is 0.124. The van der Waals surface area contributed by atoms with Gasteiger partial charge >= 0.3 is 0 Å². The molecule has 1 aromatic heterocycles. The largest absolute Gasteiger partial charge is 0.376 e. The fourth-order valence-corrected chi connectivity index (χ4v) is 2.90.